The SMILES string of the molecule is Cc1ccccc1.O.O=S(=O)(O)O. The molecule has 5 nitrogen and oxygen atoms in total. The van der Waals surface area contributed by atoms with Crippen LogP contribution in [0.25, 0.3) is 0 Å². The Morgan fingerprint density at radius 3 is 1.54 bits per heavy atom. The van der Waals surface area contributed by atoms with Crippen molar-refractivity contribution in [1.82, 2.24) is 0 Å². The summed E-state index contributed by atoms with van der Waals surface area (Å²) in [6.45, 7) is 2.08. The molecule has 0 spiro atoms. The van der Waals surface area contributed by atoms with Crippen LogP contribution in [0.3, 0.4) is 0 Å². The number of benzene rings is 1. The van der Waals surface area contributed by atoms with Gasteiger partial charge in [-0.25, -0.2) is 0 Å². The fraction of sp³-hybridized carbons (Fsp3) is 0.143. The molecule has 1 aromatic rings. The molecule has 0 aliphatic rings. The molecule has 76 valence electrons. The molecule has 0 bridgehead atoms. The van der Waals surface area contributed by atoms with E-state index in [4.69, 9.17) is 17.5 Å². The molecule has 6 heteroatoms. The lowest BCUT2D eigenvalue weighted by atomic mass is 10.2. The number of aryl methyl sites for hydroxylation is 1. The summed E-state index contributed by atoms with van der Waals surface area (Å²) in [5.74, 6) is 0. The Morgan fingerprint density at radius 2 is 1.38 bits per heavy atom. The topological polar surface area (TPSA) is 106 Å². The summed E-state index contributed by atoms with van der Waals surface area (Å²) in [5.41, 5.74) is 1.32. The van der Waals surface area contributed by atoms with Gasteiger partial charge in [0.25, 0.3) is 0 Å². The van der Waals surface area contributed by atoms with Gasteiger partial charge in [0.1, 0.15) is 0 Å². The quantitative estimate of drug-likeness (QED) is 0.606. The maximum Gasteiger partial charge on any atom is 0.394 e. The van der Waals surface area contributed by atoms with Gasteiger partial charge in [0.15, 0.2) is 0 Å². The minimum Gasteiger partial charge on any atom is -0.412 e. The van der Waals surface area contributed by atoms with Gasteiger partial charge in [-0.2, -0.15) is 8.42 Å². The fourth-order valence-electron chi connectivity index (χ4n) is 0.534. The van der Waals surface area contributed by atoms with Gasteiger partial charge in [0.05, 0.1) is 0 Å². The van der Waals surface area contributed by atoms with Gasteiger partial charge in [-0.1, -0.05) is 35.9 Å². The van der Waals surface area contributed by atoms with Crippen LogP contribution < -0.4 is 0 Å². The van der Waals surface area contributed by atoms with Crippen molar-refractivity contribution < 1.29 is 23.0 Å². The fourth-order valence-corrected chi connectivity index (χ4v) is 0.534. The monoisotopic (exact) mass is 208 g/mol. The van der Waals surface area contributed by atoms with E-state index in [9.17, 15) is 0 Å². The Hall–Kier alpha value is -0.950. The molecule has 1 aromatic carbocycles. The van der Waals surface area contributed by atoms with Crippen molar-refractivity contribution in [1.29, 1.82) is 0 Å². The predicted octanol–water partition coefficient (Wildman–Crippen LogP) is 0.518. The van der Waals surface area contributed by atoms with Gasteiger partial charge in [0.2, 0.25) is 0 Å². The molecular weight excluding hydrogens is 196 g/mol. The lowest BCUT2D eigenvalue weighted by Crippen LogP contribution is -1.89. The summed E-state index contributed by atoms with van der Waals surface area (Å²) in [6.07, 6.45) is 0. The van der Waals surface area contributed by atoms with E-state index in [-0.39, 0.29) is 5.48 Å². The van der Waals surface area contributed by atoms with E-state index in [0.29, 0.717) is 0 Å². The maximum atomic E-state index is 8.74. The highest BCUT2D eigenvalue weighted by molar-refractivity contribution is 7.79. The minimum absolute atomic E-state index is 0. The normalized spacial score (nSPS) is 9.15. The second kappa shape index (κ2) is 6.55. The molecular formula is C7H12O5S. The maximum absolute atomic E-state index is 8.74. The molecule has 4 N–H and O–H groups in total. The van der Waals surface area contributed by atoms with E-state index in [2.05, 4.69) is 19.1 Å². The molecule has 0 fully saturated rings. The highest BCUT2D eigenvalue weighted by Crippen LogP contribution is 1.92. The van der Waals surface area contributed by atoms with Crippen molar-refractivity contribution in [3.8, 4) is 0 Å². The number of hydrogen-bond donors (Lipinski definition) is 2. The summed E-state index contributed by atoms with van der Waals surface area (Å²) >= 11 is 0. The smallest absolute Gasteiger partial charge is 0.394 e. The molecule has 0 amide bonds. The van der Waals surface area contributed by atoms with Crippen molar-refractivity contribution in [3.63, 3.8) is 0 Å². The van der Waals surface area contributed by atoms with E-state index >= 15 is 0 Å². The van der Waals surface area contributed by atoms with E-state index in [1.807, 2.05) is 18.2 Å². The largest absolute Gasteiger partial charge is 0.412 e. The van der Waals surface area contributed by atoms with Crippen LogP contribution in [0.1, 0.15) is 5.56 Å². The summed E-state index contributed by atoms with van der Waals surface area (Å²) in [6, 6.07) is 10.3. The van der Waals surface area contributed by atoms with Crippen molar-refractivity contribution in [2.24, 2.45) is 0 Å². The van der Waals surface area contributed by atoms with Crippen LogP contribution in [-0.2, 0) is 10.4 Å². The molecule has 0 heterocycles. The number of rotatable bonds is 0. The lowest BCUT2D eigenvalue weighted by Gasteiger charge is -1.82. The first kappa shape index (κ1) is 14.6. The van der Waals surface area contributed by atoms with E-state index in [1.165, 1.54) is 5.56 Å². The summed E-state index contributed by atoms with van der Waals surface area (Å²) in [5, 5.41) is 0. The average Bonchev–Trinajstić information content (AvgIpc) is 1.85. The second-order valence-corrected chi connectivity index (χ2v) is 3.00. The van der Waals surface area contributed by atoms with Gasteiger partial charge in [-0.3, -0.25) is 9.11 Å². The zero-order chi connectivity index (χ0) is 9.61. The van der Waals surface area contributed by atoms with Gasteiger partial charge in [-0.05, 0) is 6.92 Å². The Kier molecular flexibility index (Phi) is 7.34. The Balaban J connectivity index is 0. The summed E-state index contributed by atoms with van der Waals surface area (Å²) in [4.78, 5) is 0. The van der Waals surface area contributed by atoms with Gasteiger partial charge in [-0.15, -0.1) is 0 Å². The Labute approximate surface area is 76.9 Å². The highest BCUT2D eigenvalue weighted by Gasteiger charge is 1.84. The first-order valence-corrected chi connectivity index (χ1v) is 4.51. The first-order valence-electron chi connectivity index (χ1n) is 3.11. The highest BCUT2D eigenvalue weighted by atomic mass is 32.3. The zero-order valence-electron chi connectivity index (χ0n) is 7.01. The van der Waals surface area contributed by atoms with Crippen molar-refractivity contribution in [3.05, 3.63) is 35.9 Å². The predicted molar refractivity (Wildman–Crippen MR) is 49.0 cm³/mol. The molecule has 0 atom stereocenters. The van der Waals surface area contributed by atoms with E-state index < -0.39 is 10.4 Å². The van der Waals surface area contributed by atoms with Crippen LogP contribution in [-0.4, -0.2) is 23.0 Å². The van der Waals surface area contributed by atoms with Crippen LogP contribution >= 0.6 is 0 Å². The molecule has 0 aromatic heterocycles. The van der Waals surface area contributed by atoms with E-state index in [0.717, 1.165) is 0 Å². The van der Waals surface area contributed by atoms with Crippen LogP contribution in [0.4, 0.5) is 0 Å². The standard InChI is InChI=1S/C7H8.H2O4S.H2O/c1-7-5-3-2-4-6-7;1-5(2,3)4;/h2-6H,1H3;(H2,1,2,3,4);1H2. The van der Waals surface area contributed by atoms with Gasteiger partial charge in [0, 0.05) is 0 Å². The van der Waals surface area contributed by atoms with Crippen molar-refractivity contribution >= 4 is 10.4 Å². The van der Waals surface area contributed by atoms with E-state index in [1.54, 1.807) is 0 Å². The van der Waals surface area contributed by atoms with Gasteiger partial charge >= 0.3 is 10.4 Å². The van der Waals surface area contributed by atoms with Crippen LogP contribution in [0.15, 0.2) is 30.3 Å². The van der Waals surface area contributed by atoms with Crippen molar-refractivity contribution in [2.75, 3.05) is 0 Å². The Bertz CT molecular complexity index is 297. The lowest BCUT2D eigenvalue weighted by molar-refractivity contribution is 0.381. The zero-order valence-corrected chi connectivity index (χ0v) is 7.82. The molecule has 0 radical (unpaired) electrons. The molecule has 13 heavy (non-hydrogen) atoms. The molecule has 0 unspecified atom stereocenters. The second-order valence-electron chi connectivity index (χ2n) is 2.10. The van der Waals surface area contributed by atoms with Gasteiger partial charge < -0.3 is 5.48 Å². The van der Waals surface area contributed by atoms with Crippen LogP contribution in [0, 0.1) is 6.92 Å². The third-order valence-corrected chi connectivity index (χ3v) is 0.940. The third kappa shape index (κ3) is 18.2. The average molecular weight is 208 g/mol. The first-order chi connectivity index (χ1) is 5.39. The van der Waals surface area contributed by atoms with Crippen LogP contribution in [0.5, 0.6) is 0 Å². The molecule has 0 saturated carbocycles. The van der Waals surface area contributed by atoms with Crippen LogP contribution in [0.2, 0.25) is 0 Å². The third-order valence-electron chi connectivity index (χ3n) is 0.940. The minimum atomic E-state index is -4.67. The summed E-state index contributed by atoms with van der Waals surface area (Å²) < 4.78 is 31.6. The van der Waals surface area contributed by atoms with Crippen molar-refractivity contribution in [2.45, 2.75) is 6.92 Å². The Morgan fingerprint density at radius 1 is 1.08 bits per heavy atom. The number of hydrogen-bond acceptors (Lipinski definition) is 2. The summed E-state index contributed by atoms with van der Waals surface area (Å²) in [7, 11) is -4.67. The molecule has 0 aliphatic heterocycles. The molecule has 0 saturated heterocycles. The molecule has 0 aliphatic carbocycles. The molecule has 1 rings (SSSR count).